The first-order chi connectivity index (χ1) is 8.22. The minimum Gasteiger partial charge on any atom is -0.352 e. The zero-order valence-electron chi connectivity index (χ0n) is 10.5. The number of rotatable bonds is 3. The van der Waals surface area contributed by atoms with Crippen LogP contribution in [0.5, 0.6) is 0 Å². The molecule has 0 fully saturated rings. The van der Waals surface area contributed by atoms with Gasteiger partial charge in [0.05, 0.1) is 0 Å². The third-order valence-corrected chi connectivity index (χ3v) is 3.30. The number of fused-ring (bicyclic) bond motifs is 1. The van der Waals surface area contributed by atoms with Gasteiger partial charge in [-0.1, -0.05) is 19.1 Å². The SMILES string of the molecule is CCNC(C)c1ccc2c(c1)C(=O)NCCC2. The van der Waals surface area contributed by atoms with E-state index in [1.807, 2.05) is 6.07 Å². The first kappa shape index (κ1) is 12.1. The van der Waals surface area contributed by atoms with Crippen molar-refractivity contribution in [3.05, 3.63) is 34.9 Å². The molecule has 1 aromatic carbocycles. The quantitative estimate of drug-likeness (QED) is 0.837. The van der Waals surface area contributed by atoms with Crippen LogP contribution in [-0.4, -0.2) is 19.0 Å². The van der Waals surface area contributed by atoms with Crippen LogP contribution >= 0.6 is 0 Å². The summed E-state index contributed by atoms with van der Waals surface area (Å²) in [6, 6.07) is 6.55. The molecule has 1 aliphatic heterocycles. The molecule has 0 aliphatic carbocycles. The second-order valence-electron chi connectivity index (χ2n) is 4.56. The van der Waals surface area contributed by atoms with Gasteiger partial charge in [-0.15, -0.1) is 0 Å². The molecule has 1 heterocycles. The third kappa shape index (κ3) is 2.67. The highest BCUT2D eigenvalue weighted by Gasteiger charge is 2.16. The predicted octanol–water partition coefficient (Wildman–Crippen LogP) is 2.03. The Morgan fingerprint density at radius 2 is 2.29 bits per heavy atom. The van der Waals surface area contributed by atoms with E-state index in [-0.39, 0.29) is 5.91 Å². The number of benzene rings is 1. The number of carbonyl (C=O) groups is 1. The largest absolute Gasteiger partial charge is 0.352 e. The molecule has 0 aromatic heterocycles. The molecule has 1 amide bonds. The van der Waals surface area contributed by atoms with Gasteiger partial charge in [-0.2, -0.15) is 0 Å². The van der Waals surface area contributed by atoms with E-state index < -0.39 is 0 Å². The summed E-state index contributed by atoms with van der Waals surface area (Å²) in [6.07, 6.45) is 2.02. The molecule has 92 valence electrons. The van der Waals surface area contributed by atoms with E-state index in [4.69, 9.17) is 0 Å². The van der Waals surface area contributed by atoms with Crippen molar-refractivity contribution >= 4 is 5.91 Å². The second-order valence-corrected chi connectivity index (χ2v) is 4.56. The zero-order valence-corrected chi connectivity index (χ0v) is 10.5. The Morgan fingerprint density at radius 3 is 3.06 bits per heavy atom. The molecule has 1 unspecified atom stereocenters. The molecule has 0 saturated carbocycles. The number of nitrogens with one attached hydrogen (secondary N) is 2. The Balaban J connectivity index is 2.31. The smallest absolute Gasteiger partial charge is 0.251 e. The molecule has 2 rings (SSSR count). The Bertz CT molecular complexity index is 415. The molecule has 0 saturated heterocycles. The summed E-state index contributed by atoms with van der Waals surface area (Å²) < 4.78 is 0. The maximum Gasteiger partial charge on any atom is 0.251 e. The highest BCUT2D eigenvalue weighted by atomic mass is 16.1. The summed E-state index contributed by atoms with van der Waals surface area (Å²) in [4.78, 5) is 11.9. The van der Waals surface area contributed by atoms with Gasteiger partial charge >= 0.3 is 0 Å². The van der Waals surface area contributed by atoms with Gasteiger partial charge in [0, 0.05) is 18.2 Å². The lowest BCUT2D eigenvalue weighted by Gasteiger charge is -2.15. The maximum atomic E-state index is 11.9. The van der Waals surface area contributed by atoms with Gasteiger partial charge in [0.25, 0.3) is 5.91 Å². The fourth-order valence-corrected chi connectivity index (χ4v) is 2.29. The molecule has 3 heteroatoms. The average Bonchev–Trinajstić information content (AvgIpc) is 2.51. The Morgan fingerprint density at radius 1 is 1.47 bits per heavy atom. The van der Waals surface area contributed by atoms with Crippen molar-refractivity contribution in [3.8, 4) is 0 Å². The summed E-state index contributed by atoms with van der Waals surface area (Å²) in [7, 11) is 0. The van der Waals surface area contributed by atoms with Crippen molar-refractivity contribution in [3.63, 3.8) is 0 Å². The van der Waals surface area contributed by atoms with E-state index in [1.165, 1.54) is 11.1 Å². The number of hydrogen-bond acceptors (Lipinski definition) is 2. The fourth-order valence-electron chi connectivity index (χ4n) is 2.29. The standard InChI is InChI=1S/C14H20N2O/c1-3-15-10(2)12-7-6-11-5-4-8-16-14(17)13(11)9-12/h6-7,9-10,15H,3-5,8H2,1-2H3,(H,16,17). The Kier molecular flexibility index (Phi) is 3.79. The molecular weight excluding hydrogens is 212 g/mol. The highest BCUT2D eigenvalue weighted by molar-refractivity contribution is 5.96. The molecule has 2 N–H and O–H groups in total. The predicted molar refractivity (Wildman–Crippen MR) is 69.2 cm³/mol. The molecule has 0 spiro atoms. The van der Waals surface area contributed by atoms with E-state index in [0.29, 0.717) is 6.04 Å². The van der Waals surface area contributed by atoms with E-state index >= 15 is 0 Å². The van der Waals surface area contributed by atoms with E-state index in [9.17, 15) is 4.79 Å². The number of amides is 1. The summed E-state index contributed by atoms with van der Waals surface area (Å²) >= 11 is 0. The van der Waals surface area contributed by atoms with E-state index in [0.717, 1.165) is 31.5 Å². The summed E-state index contributed by atoms with van der Waals surface area (Å²) in [5, 5.41) is 6.31. The zero-order chi connectivity index (χ0) is 12.3. The molecule has 3 nitrogen and oxygen atoms in total. The monoisotopic (exact) mass is 232 g/mol. The topological polar surface area (TPSA) is 41.1 Å². The van der Waals surface area contributed by atoms with Crippen molar-refractivity contribution in [1.29, 1.82) is 0 Å². The average molecular weight is 232 g/mol. The van der Waals surface area contributed by atoms with Crippen LogP contribution in [0, 0.1) is 0 Å². The van der Waals surface area contributed by atoms with Crippen molar-refractivity contribution in [1.82, 2.24) is 10.6 Å². The first-order valence-electron chi connectivity index (χ1n) is 6.36. The van der Waals surface area contributed by atoms with Crippen LogP contribution in [-0.2, 0) is 6.42 Å². The second kappa shape index (κ2) is 5.32. The molecule has 0 radical (unpaired) electrons. The van der Waals surface area contributed by atoms with Crippen LogP contribution in [0.3, 0.4) is 0 Å². The summed E-state index contributed by atoms with van der Waals surface area (Å²) in [5.74, 6) is 0.0723. The van der Waals surface area contributed by atoms with E-state index in [2.05, 4.69) is 36.6 Å². The van der Waals surface area contributed by atoms with Gasteiger partial charge in [0.1, 0.15) is 0 Å². The molecule has 1 aliphatic rings. The molecular formula is C14H20N2O. The lowest BCUT2D eigenvalue weighted by Crippen LogP contribution is -2.23. The van der Waals surface area contributed by atoms with Crippen molar-refractivity contribution in [2.24, 2.45) is 0 Å². The molecule has 0 bridgehead atoms. The van der Waals surface area contributed by atoms with Gasteiger partial charge < -0.3 is 10.6 Å². The third-order valence-electron chi connectivity index (χ3n) is 3.30. The van der Waals surface area contributed by atoms with Crippen LogP contribution in [0.2, 0.25) is 0 Å². The lowest BCUT2D eigenvalue weighted by molar-refractivity contribution is 0.0956. The van der Waals surface area contributed by atoms with Crippen molar-refractivity contribution in [2.75, 3.05) is 13.1 Å². The number of hydrogen-bond donors (Lipinski definition) is 2. The normalized spacial score (nSPS) is 16.9. The highest BCUT2D eigenvalue weighted by Crippen LogP contribution is 2.20. The molecule has 1 atom stereocenters. The minimum atomic E-state index is 0.0723. The van der Waals surface area contributed by atoms with Gasteiger partial charge in [-0.25, -0.2) is 0 Å². The first-order valence-corrected chi connectivity index (χ1v) is 6.36. The van der Waals surface area contributed by atoms with Gasteiger partial charge in [-0.05, 0) is 43.5 Å². The van der Waals surface area contributed by atoms with Crippen LogP contribution in [0.1, 0.15) is 47.8 Å². The lowest BCUT2D eigenvalue weighted by atomic mass is 9.98. The van der Waals surface area contributed by atoms with Crippen molar-refractivity contribution in [2.45, 2.75) is 32.7 Å². The maximum absolute atomic E-state index is 11.9. The fraction of sp³-hybridized carbons (Fsp3) is 0.500. The Hall–Kier alpha value is -1.35. The van der Waals surface area contributed by atoms with Crippen LogP contribution < -0.4 is 10.6 Å². The minimum absolute atomic E-state index is 0.0723. The van der Waals surface area contributed by atoms with Gasteiger partial charge in [0.15, 0.2) is 0 Å². The molecule has 17 heavy (non-hydrogen) atoms. The van der Waals surface area contributed by atoms with E-state index in [1.54, 1.807) is 0 Å². The number of aryl methyl sites for hydroxylation is 1. The van der Waals surface area contributed by atoms with Crippen LogP contribution in [0.25, 0.3) is 0 Å². The van der Waals surface area contributed by atoms with Crippen molar-refractivity contribution < 1.29 is 4.79 Å². The number of carbonyl (C=O) groups excluding carboxylic acids is 1. The van der Waals surface area contributed by atoms with Gasteiger partial charge in [0.2, 0.25) is 0 Å². The Labute approximate surface area is 103 Å². The molecule has 1 aromatic rings. The summed E-state index contributed by atoms with van der Waals surface area (Å²) in [6.45, 7) is 5.93. The van der Waals surface area contributed by atoms with Crippen LogP contribution in [0.15, 0.2) is 18.2 Å². The van der Waals surface area contributed by atoms with Gasteiger partial charge in [-0.3, -0.25) is 4.79 Å². The van der Waals surface area contributed by atoms with Crippen LogP contribution in [0.4, 0.5) is 0 Å². The summed E-state index contributed by atoms with van der Waals surface area (Å²) in [5.41, 5.74) is 3.21.